The number of nitrogens with one attached hydrogen (secondary N) is 1. The van der Waals surface area contributed by atoms with Crippen molar-refractivity contribution < 1.29 is 9.84 Å². The van der Waals surface area contributed by atoms with Gasteiger partial charge in [-0.2, -0.15) is 0 Å². The second kappa shape index (κ2) is 6.11. The molecular formula is C16H31NO2. The smallest absolute Gasteiger partial charge is 0.0655 e. The molecule has 0 aromatic heterocycles. The molecule has 2 atom stereocenters. The summed E-state index contributed by atoms with van der Waals surface area (Å²) in [5, 5.41) is 13.5. The molecule has 2 saturated carbocycles. The van der Waals surface area contributed by atoms with Crippen LogP contribution in [-0.2, 0) is 4.74 Å². The predicted molar refractivity (Wildman–Crippen MR) is 78.2 cm³/mol. The Balaban J connectivity index is 1.82. The Bertz CT molecular complexity index is 284. The molecule has 0 spiro atoms. The van der Waals surface area contributed by atoms with Gasteiger partial charge in [0.1, 0.15) is 0 Å². The van der Waals surface area contributed by atoms with Gasteiger partial charge in [-0.25, -0.2) is 0 Å². The van der Waals surface area contributed by atoms with E-state index in [2.05, 4.69) is 26.1 Å². The molecule has 3 nitrogen and oxygen atoms in total. The topological polar surface area (TPSA) is 41.5 Å². The van der Waals surface area contributed by atoms with E-state index in [1.54, 1.807) is 0 Å². The summed E-state index contributed by atoms with van der Waals surface area (Å²) in [7, 11) is 0. The van der Waals surface area contributed by atoms with Gasteiger partial charge in [0.05, 0.1) is 6.10 Å². The van der Waals surface area contributed by atoms with E-state index in [1.807, 2.05) is 0 Å². The Hall–Kier alpha value is -0.120. The SMILES string of the molecule is CCOC1CC(NCC2(CO)CCCCC2)C1(C)C. The van der Waals surface area contributed by atoms with Gasteiger partial charge in [-0.3, -0.25) is 0 Å². The molecule has 0 aromatic carbocycles. The first-order chi connectivity index (χ1) is 9.04. The third-order valence-corrected chi connectivity index (χ3v) is 5.52. The highest BCUT2D eigenvalue weighted by Gasteiger charge is 2.49. The summed E-state index contributed by atoms with van der Waals surface area (Å²) >= 11 is 0. The van der Waals surface area contributed by atoms with Gasteiger partial charge >= 0.3 is 0 Å². The van der Waals surface area contributed by atoms with E-state index in [9.17, 15) is 5.11 Å². The van der Waals surface area contributed by atoms with Gasteiger partial charge in [0.2, 0.25) is 0 Å². The normalized spacial score (nSPS) is 32.8. The van der Waals surface area contributed by atoms with Gasteiger partial charge in [0.25, 0.3) is 0 Å². The van der Waals surface area contributed by atoms with Crippen LogP contribution in [0.4, 0.5) is 0 Å². The summed E-state index contributed by atoms with van der Waals surface area (Å²) < 4.78 is 5.78. The molecule has 2 rings (SSSR count). The van der Waals surface area contributed by atoms with Gasteiger partial charge in [-0.1, -0.05) is 33.1 Å². The number of aliphatic hydroxyl groups is 1. The zero-order valence-corrected chi connectivity index (χ0v) is 12.9. The van der Waals surface area contributed by atoms with E-state index in [0.29, 0.717) is 18.8 Å². The molecule has 2 aliphatic rings. The molecule has 2 aliphatic carbocycles. The Labute approximate surface area is 118 Å². The molecule has 3 heteroatoms. The van der Waals surface area contributed by atoms with Gasteiger partial charge in [-0.15, -0.1) is 0 Å². The van der Waals surface area contributed by atoms with Crippen LogP contribution < -0.4 is 5.32 Å². The molecule has 0 radical (unpaired) electrons. The summed E-state index contributed by atoms with van der Waals surface area (Å²) in [5.74, 6) is 0. The molecule has 0 aromatic rings. The molecule has 2 N–H and O–H groups in total. The van der Waals surface area contributed by atoms with E-state index in [4.69, 9.17) is 4.74 Å². The highest BCUT2D eigenvalue weighted by Crippen LogP contribution is 2.43. The molecular weight excluding hydrogens is 238 g/mol. The van der Waals surface area contributed by atoms with Crippen molar-refractivity contribution in [2.45, 2.75) is 71.4 Å². The van der Waals surface area contributed by atoms with Gasteiger partial charge in [0, 0.05) is 36.6 Å². The summed E-state index contributed by atoms with van der Waals surface area (Å²) in [6.45, 7) is 8.77. The third-order valence-electron chi connectivity index (χ3n) is 5.52. The van der Waals surface area contributed by atoms with Crippen LogP contribution in [-0.4, -0.2) is 37.0 Å². The van der Waals surface area contributed by atoms with Crippen molar-refractivity contribution in [3.63, 3.8) is 0 Å². The first-order valence-electron chi connectivity index (χ1n) is 8.00. The van der Waals surface area contributed by atoms with Gasteiger partial charge < -0.3 is 15.2 Å². The number of aliphatic hydroxyl groups excluding tert-OH is 1. The summed E-state index contributed by atoms with van der Waals surface area (Å²) in [6.07, 6.45) is 7.75. The molecule has 0 bridgehead atoms. The minimum atomic E-state index is 0.144. The summed E-state index contributed by atoms with van der Waals surface area (Å²) in [6, 6.07) is 0.536. The molecule has 0 amide bonds. The third kappa shape index (κ3) is 3.14. The van der Waals surface area contributed by atoms with Crippen LogP contribution in [0.5, 0.6) is 0 Å². The average molecular weight is 269 g/mol. The van der Waals surface area contributed by atoms with Crippen molar-refractivity contribution >= 4 is 0 Å². The first-order valence-corrected chi connectivity index (χ1v) is 8.00. The lowest BCUT2D eigenvalue weighted by Gasteiger charge is -2.53. The van der Waals surface area contributed by atoms with Crippen molar-refractivity contribution in [2.75, 3.05) is 19.8 Å². The Morgan fingerprint density at radius 1 is 1.21 bits per heavy atom. The van der Waals surface area contributed by atoms with E-state index in [0.717, 1.165) is 19.6 Å². The maximum absolute atomic E-state index is 9.75. The molecule has 2 fully saturated rings. The second-order valence-corrected chi connectivity index (χ2v) is 7.15. The van der Waals surface area contributed by atoms with E-state index < -0.39 is 0 Å². The van der Waals surface area contributed by atoms with Crippen LogP contribution in [0.3, 0.4) is 0 Å². The van der Waals surface area contributed by atoms with Gasteiger partial charge in [0.15, 0.2) is 0 Å². The fraction of sp³-hybridized carbons (Fsp3) is 1.00. The lowest BCUT2D eigenvalue weighted by atomic mass is 9.64. The number of rotatable bonds is 6. The number of hydrogen-bond acceptors (Lipinski definition) is 3. The van der Waals surface area contributed by atoms with Crippen molar-refractivity contribution in [1.82, 2.24) is 5.32 Å². The van der Waals surface area contributed by atoms with Crippen LogP contribution >= 0.6 is 0 Å². The van der Waals surface area contributed by atoms with Crippen molar-refractivity contribution in [1.29, 1.82) is 0 Å². The zero-order valence-electron chi connectivity index (χ0n) is 12.9. The summed E-state index contributed by atoms with van der Waals surface area (Å²) in [4.78, 5) is 0. The standard InChI is InChI=1S/C16H31NO2/c1-4-19-14-10-13(15(14,2)3)17-11-16(12-18)8-6-5-7-9-16/h13-14,17-18H,4-12H2,1-3H3. The minimum Gasteiger partial charge on any atom is -0.396 e. The Morgan fingerprint density at radius 3 is 2.42 bits per heavy atom. The quantitative estimate of drug-likeness (QED) is 0.779. The number of hydrogen-bond donors (Lipinski definition) is 2. The first kappa shape index (κ1) is 15.3. The van der Waals surface area contributed by atoms with Crippen LogP contribution in [0.1, 0.15) is 59.3 Å². The highest BCUT2D eigenvalue weighted by atomic mass is 16.5. The Kier molecular flexibility index (Phi) is 4.91. The fourth-order valence-corrected chi connectivity index (χ4v) is 3.75. The lowest BCUT2D eigenvalue weighted by Crippen LogP contribution is -2.62. The zero-order chi connectivity index (χ0) is 13.9. The molecule has 19 heavy (non-hydrogen) atoms. The highest BCUT2D eigenvalue weighted by molar-refractivity contribution is 5.03. The predicted octanol–water partition coefficient (Wildman–Crippen LogP) is 2.72. The second-order valence-electron chi connectivity index (χ2n) is 7.15. The molecule has 2 unspecified atom stereocenters. The van der Waals surface area contributed by atoms with Crippen molar-refractivity contribution in [2.24, 2.45) is 10.8 Å². The van der Waals surface area contributed by atoms with E-state index >= 15 is 0 Å². The van der Waals surface area contributed by atoms with Crippen LogP contribution in [0, 0.1) is 10.8 Å². The van der Waals surface area contributed by atoms with Crippen LogP contribution in [0.15, 0.2) is 0 Å². The van der Waals surface area contributed by atoms with Crippen LogP contribution in [0.25, 0.3) is 0 Å². The van der Waals surface area contributed by atoms with Crippen LogP contribution in [0.2, 0.25) is 0 Å². The monoisotopic (exact) mass is 269 g/mol. The summed E-state index contributed by atoms with van der Waals surface area (Å²) in [5.41, 5.74) is 0.367. The van der Waals surface area contributed by atoms with Crippen molar-refractivity contribution in [3.8, 4) is 0 Å². The minimum absolute atomic E-state index is 0.144. The maximum Gasteiger partial charge on any atom is 0.0655 e. The molecule has 112 valence electrons. The Morgan fingerprint density at radius 2 is 1.89 bits per heavy atom. The number of ether oxygens (including phenoxy) is 1. The fourth-order valence-electron chi connectivity index (χ4n) is 3.75. The van der Waals surface area contributed by atoms with Gasteiger partial charge in [-0.05, 0) is 26.2 Å². The molecule has 0 heterocycles. The largest absolute Gasteiger partial charge is 0.396 e. The van der Waals surface area contributed by atoms with E-state index in [-0.39, 0.29) is 10.8 Å². The molecule has 0 aliphatic heterocycles. The maximum atomic E-state index is 9.75. The van der Waals surface area contributed by atoms with E-state index in [1.165, 1.54) is 32.1 Å². The molecule has 0 saturated heterocycles. The average Bonchev–Trinajstić information content (AvgIpc) is 2.43. The lowest BCUT2D eigenvalue weighted by molar-refractivity contribution is -0.117. The van der Waals surface area contributed by atoms with Crippen molar-refractivity contribution in [3.05, 3.63) is 0 Å².